The van der Waals surface area contributed by atoms with Crippen LogP contribution in [0.2, 0.25) is 0 Å². The van der Waals surface area contributed by atoms with E-state index >= 15 is 0 Å². The number of aliphatic hydroxyl groups is 1. The van der Waals surface area contributed by atoms with Gasteiger partial charge in [-0.3, -0.25) is 14.8 Å². The minimum Gasteiger partial charge on any atom is -0.396 e. The minimum atomic E-state index is -0.340. The quantitative estimate of drug-likeness (QED) is 0.309. The van der Waals surface area contributed by atoms with Crippen LogP contribution >= 0.6 is 11.9 Å². The van der Waals surface area contributed by atoms with Crippen molar-refractivity contribution in [2.24, 2.45) is 0 Å². The van der Waals surface area contributed by atoms with E-state index in [0.29, 0.717) is 4.91 Å². The van der Waals surface area contributed by atoms with Crippen LogP contribution in [0.25, 0.3) is 0 Å². The Hall–Kier alpha value is -0.850. The average molecular weight is 244 g/mol. The largest absolute Gasteiger partial charge is 0.396 e. The second-order valence-electron chi connectivity index (χ2n) is 3.42. The van der Waals surface area contributed by atoms with Crippen molar-refractivity contribution in [1.82, 2.24) is 4.72 Å². The fourth-order valence-electron chi connectivity index (χ4n) is 1.34. The lowest BCUT2D eigenvalue weighted by Crippen LogP contribution is -2.10. The van der Waals surface area contributed by atoms with Crippen LogP contribution in [0.1, 0.15) is 25.7 Å². The Bertz CT molecular complexity index is 302. The highest BCUT2D eigenvalue weighted by atomic mass is 32.2. The highest BCUT2D eigenvalue weighted by Gasteiger charge is 2.19. The third-order valence-corrected chi connectivity index (χ3v) is 3.10. The van der Waals surface area contributed by atoms with Gasteiger partial charge in [-0.05, 0) is 43.7 Å². The number of nitrogens with one attached hydrogen (secondary N) is 1. The van der Waals surface area contributed by atoms with Gasteiger partial charge >= 0.3 is 0 Å². The van der Waals surface area contributed by atoms with Crippen LogP contribution in [0.15, 0.2) is 22.8 Å². The summed E-state index contributed by atoms with van der Waals surface area (Å²) < 4.78 is 3.07. The molecule has 0 aromatic heterocycles. The van der Waals surface area contributed by atoms with E-state index in [9.17, 15) is 10.1 Å². The van der Waals surface area contributed by atoms with Gasteiger partial charge in [-0.25, -0.2) is 0 Å². The van der Waals surface area contributed by atoms with E-state index in [1.807, 2.05) is 6.08 Å². The molecule has 1 rings (SSSR count). The third-order valence-electron chi connectivity index (χ3n) is 2.15. The van der Waals surface area contributed by atoms with Crippen LogP contribution in [-0.2, 0) is 0 Å². The highest BCUT2D eigenvalue weighted by Crippen LogP contribution is 2.27. The number of hydrogen-bond acceptors (Lipinski definition) is 5. The molecule has 0 saturated carbocycles. The molecule has 1 aliphatic rings. The van der Waals surface area contributed by atoms with Gasteiger partial charge in [0.05, 0.1) is 9.83 Å². The van der Waals surface area contributed by atoms with Gasteiger partial charge in [0, 0.05) is 13.2 Å². The van der Waals surface area contributed by atoms with Crippen molar-refractivity contribution in [3.63, 3.8) is 0 Å². The fraction of sp³-hybridized carbons (Fsp3) is 0.600. The van der Waals surface area contributed by atoms with Gasteiger partial charge in [-0.1, -0.05) is 6.08 Å². The lowest BCUT2D eigenvalue weighted by molar-refractivity contribution is -0.420. The summed E-state index contributed by atoms with van der Waals surface area (Å²) in [6, 6.07) is 0. The van der Waals surface area contributed by atoms with E-state index < -0.39 is 0 Å². The van der Waals surface area contributed by atoms with Crippen molar-refractivity contribution in [2.75, 3.05) is 13.2 Å². The number of unbranched alkanes of at least 4 members (excludes halogenated alkanes) is 1. The van der Waals surface area contributed by atoms with Crippen LogP contribution in [-0.4, -0.2) is 23.2 Å². The van der Waals surface area contributed by atoms with Gasteiger partial charge in [0.15, 0.2) is 0 Å². The van der Waals surface area contributed by atoms with Crippen molar-refractivity contribution in [3.8, 4) is 0 Å². The summed E-state index contributed by atoms with van der Waals surface area (Å²) in [5.74, 6) is 0. The van der Waals surface area contributed by atoms with Gasteiger partial charge in [0.2, 0.25) is 0 Å². The first kappa shape index (κ1) is 13.2. The lowest BCUT2D eigenvalue weighted by Gasteiger charge is -2.09. The molecule has 5 nitrogen and oxygen atoms in total. The summed E-state index contributed by atoms with van der Waals surface area (Å²) in [4.78, 5) is 11.1. The smallest absolute Gasteiger partial charge is 0.279 e. The van der Waals surface area contributed by atoms with Crippen molar-refractivity contribution < 1.29 is 10.0 Å². The summed E-state index contributed by atoms with van der Waals surface area (Å²) in [6.45, 7) is 0.933. The summed E-state index contributed by atoms with van der Waals surface area (Å²) in [7, 11) is 0. The van der Waals surface area contributed by atoms with E-state index in [0.717, 1.165) is 32.2 Å². The maximum Gasteiger partial charge on any atom is 0.279 e. The monoisotopic (exact) mass is 244 g/mol. The zero-order valence-corrected chi connectivity index (χ0v) is 9.83. The summed E-state index contributed by atoms with van der Waals surface area (Å²) in [5, 5.41) is 19.3. The fourth-order valence-corrected chi connectivity index (χ4v) is 2.20. The lowest BCUT2D eigenvalue weighted by atomic mass is 10.1. The number of rotatable bonds is 7. The normalized spacial score (nSPS) is 15.6. The van der Waals surface area contributed by atoms with Gasteiger partial charge < -0.3 is 5.11 Å². The molecule has 0 unspecified atom stereocenters. The molecule has 0 fully saturated rings. The molecule has 16 heavy (non-hydrogen) atoms. The molecule has 6 heteroatoms. The Balaban J connectivity index is 2.32. The van der Waals surface area contributed by atoms with E-state index in [-0.39, 0.29) is 17.2 Å². The van der Waals surface area contributed by atoms with Crippen molar-refractivity contribution >= 4 is 11.9 Å². The SMILES string of the molecule is O=[N+]([O-])C1=CCCC=C1SNCCCCO. The predicted octanol–water partition coefficient (Wildman–Crippen LogP) is 1.83. The Morgan fingerprint density at radius 3 is 2.88 bits per heavy atom. The predicted molar refractivity (Wildman–Crippen MR) is 64.3 cm³/mol. The van der Waals surface area contributed by atoms with E-state index in [2.05, 4.69) is 4.72 Å². The number of hydrogen-bond donors (Lipinski definition) is 2. The molecule has 0 aromatic carbocycles. The molecule has 0 spiro atoms. The van der Waals surface area contributed by atoms with Crippen molar-refractivity contribution in [3.05, 3.63) is 32.9 Å². The summed E-state index contributed by atoms with van der Waals surface area (Å²) in [5.41, 5.74) is 0.200. The molecule has 90 valence electrons. The number of nitrogens with zero attached hydrogens (tertiary/aromatic N) is 1. The Morgan fingerprint density at radius 1 is 1.44 bits per heavy atom. The average Bonchev–Trinajstić information content (AvgIpc) is 2.29. The Morgan fingerprint density at radius 2 is 2.19 bits per heavy atom. The molecule has 0 aromatic rings. The second kappa shape index (κ2) is 7.43. The first-order valence-corrected chi connectivity index (χ1v) is 6.13. The minimum absolute atomic E-state index is 0.190. The number of allylic oxidation sites excluding steroid dienone is 2. The molecule has 0 aliphatic heterocycles. The van der Waals surface area contributed by atoms with Crippen molar-refractivity contribution in [2.45, 2.75) is 25.7 Å². The van der Waals surface area contributed by atoms with Crippen LogP contribution in [0.5, 0.6) is 0 Å². The molecule has 0 bridgehead atoms. The second-order valence-corrected chi connectivity index (χ2v) is 4.35. The molecule has 0 radical (unpaired) electrons. The Kier molecular flexibility index (Phi) is 6.14. The molecule has 0 atom stereocenters. The van der Waals surface area contributed by atoms with Gasteiger partial charge in [-0.15, -0.1) is 0 Å². The van der Waals surface area contributed by atoms with Crippen molar-refractivity contribution in [1.29, 1.82) is 0 Å². The summed E-state index contributed by atoms with van der Waals surface area (Å²) >= 11 is 1.30. The molecule has 2 N–H and O–H groups in total. The number of aliphatic hydroxyl groups excluding tert-OH is 1. The molecule has 0 amide bonds. The maximum atomic E-state index is 10.7. The van der Waals surface area contributed by atoms with Gasteiger partial charge in [0.25, 0.3) is 5.70 Å². The zero-order chi connectivity index (χ0) is 11.8. The van der Waals surface area contributed by atoms with Crippen LogP contribution in [0.4, 0.5) is 0 Å². The van der Waals surface area contributed by atoms with E-state index in [4.69, 9.17) is 5.11 Å². The standard InChI is InChI=1S/C10H16N2O3S/c13-8-4-3-7-11-16-10-6-2-1-5-9(10)12(14)15/h5-6,11,13H,1-4,7-8H2. The molecular weight excluding hydrogens is 228 g/mol. The number of nitro groups is 1. The molecule has 0 heterocycles. The topological polar surface area (TPSA) is 75.4 Å². The highest BCUT2D eigenvalue weighted by molar-refractivity contribution is 8.01. The third kappa shape index (κ3) is 4.34. The van der Waals surface area contributed by atoms with Crippen LogP contribution in [0.3, 0.4) is 0 Å². The molecular formula is C10H16N2O3S. The summed E-state index contributed by atoms with van der Waals surface area (Å²) in [6.07, 6.45) is 6.78. The van der Waals surface area contributed by atoms with Crippen LogP contribution < -0.4 is 4.72 Å². The van der Waals surface area contributed by atoms with Gasteiger partial charge in [0.1, 0.15) is 0 Å². The van der Waals surface area contributed by atoms with Crippen LogP contribution in [0, 0.1) is 10.1 Å². The van der Waals surface area contributed by atoms with Gasteiger partial charge in [-0.2, -0.15) is 0 Å². The van der Waals surface area contributed by atoms with E-state index in [1.54, 1.807) is 6.08 Å². The zero-order valence-electron chi connectivity index (χ0n) is 9.02. The van der Waals surface area contributed by atoms with E-state index in [1.165, 1.54) is 11.9 Å². The Labute approximate surface area is 98.9 Å². The first-order valence-electron chi connectivity index (χ1n) is 5.31. The maximum absolute atomic E-state index is 10.7. The first-order chi connectivity index (χ1) is 7.75. The molecule has 1 aliphatic carbocycles. The molecule has 0 saturated heterocycles.